The van der Waals surface area contributed by atoms with Crippen molar-refractivity contribution in [2.45, 2.75) is 89.9 Å². The monoisotopic (exact) mass is 308 g/mol. The van der Waals surface area contributed by atoms with Gasteiger partial charge in [0.05, 0.1) is 0 Å². The Kier molecular flexibility index (Phi) is 10.7. The summed E-state index contributed by atoms with van der Waals surface area (Å²) in [6.07, 6.45) is 14.7. The molecule has 0 aliphatic carbocycles. The van der Waals surface area contributed by atoms with E-state index < -0.39 is 0 Å². The zero-order chi connectivity index (χ0) is 15.3. The minimum atomic E-state index is 0.302. The molecule has 0 amide bonds. The van der Waals surface area contributed by atoms with Gasteiger partial charge in [-0.15, -0.1) is 11.6 Å². The van der Waals surface area contributed by atoms with Gasteiger partial charge in [-0.1, -0.05) is 89.0 Å². The SMILES string of the molecule is CCCCCCCCCCCC(Cl)Cc1ccccc1C. The second-order valence-electron chi connectivity index (χ2n) is 6.34. The molecular weight excluding hydrogens is 276 g/mol. The van der Waals surface area contributed by atoms with Crippen molar-refractivity contribution in [3.05, 3.63) is 35.4 Å². The molecule has 21 heavy (non-hydrogen) atoms. The Bertz CT molecular complexity index is 359. The first-order valence-electron chi connectivity index (χ1n) is 8.92. The molecule has 0 N–H and O–H groups in total. The summed E-state index contributed by atoms with van der Waals surface area (Å²) in [5.74, 6) is 0. The highest BCUT2D eigenvalue weighted by Gasteiger charge is 2.07. The molecule has 1 heteroatoms. The molecule has 0 fully saturated rings. The van der Waals surface area contributed by atoms with Crippen molar-refractivity contribution in [2.75, 3.05) is 0 Å². The molecule has 0 spiro atoms. The summed E-state index contributed by atoms with van der Waals surface area (Å²) in [4.78, 5) is 0. The first kappa shape index (κ1) is 18.6. The first-order valence-corrected chi connectivity index (χ1v) is 9.36. The van der Waals surface area contributed by atoms with E-state index in [9.17, 15) is 0 Å². The molecule has 0 aliphatic rings. The smallest absolute Gasteiger partial charge is 0.0376 e. The first-order chi connectivity index (χ1) is 10.2. The molecule has 0 heterocycles. The zero-order valence-electron chi connectivity index (χ0n) is 14.0. The van der Waals surface area contributed by atoms with E-state index in [2.05, 4.69) is 38.1 Å². The van der Waals surface area contributed by atoms with E-state index in [0.29, 0.717) is 5.38 Å². The summed E-state index contributed by atoms with van der Waals surface area (Å²) in [5, 5.41) is 0.302. The summed E-state index contributed by atoms with van der Waals surface area (Å²) in [7, 11) is 0. The molecular formula is C20H33Cl. The number of aryl methyl sites for hydroxylation is 1. The Morgan fingerprint density at radius 1 is 0.857 bits per heavy atom. The molecule has 0 aliphatic heterocycles. The standard InChI is InChI=1S/C20H33Cl/c1-3-4-5-6-7-8-9-10-11-16-20(21)17-19-15-13-12-14-18(19)2/h12-15,20H,3-11,16-17H2,1-2H3. The van der Waals surface area contributed by atoms with Crippen LogP contribution >= 0.6 is 11.6 Å². The Labute approximate surface area is 137 Å². The van der Waals surface area contributed by atoms with E-state index in [4.69, 9.17) is 11.6 Å². The lowest BCUT2D eigenvalue weighted by Crippen LogP contribution is -2.04. The van der Waals surface area contributed by atoms with E-state index >= 15 is 0 Å². The Balaban J connectivity index is 1.99. The third-order valence-corrected chi connectivity index (χ3v) is 4.70. The normalized spacial score (nSPS) is 12.5. The zero-order valence-corrected chi connectivity index (χ0v) is 14.8. The maximum Gasteiger partial charge on any atom is 0.0376 e. The van der Waals surface area contributed by atoms with Crippen molar-refractivity contribution in [3.63, 3.8) is 0 Å². The van der Waals surface area contributed by atoms with Gasteiger partial charge in [-0.2, -0.15) is 0 Å². The van der Waals surface area contributed by atoms with Crippen LogP contribution in [-0.2, 0) is 6.42 Å². The molecule has 1 rings (SSSR count). The lowest BCUT2D eigenvalue weighted by molar-refractivity contribution is 0.551. The largest absolute Gasteiger partial charge is 0.123 e. The summed E-state index contributed by atoms with van der Waals surface area (Å²) in [6.45, 7) is 4.46. The molecule has 0 aromatic heterocycles. The second-order valence-corrected chi connectivity index (χ2v) is 6.96. The number of hydrogen-bond donors (Lipinski definition) is 0. The quantitative estimate of drug-likeness (QED) is 0.286. The molecule has 0 radical (unpaired) electrons. The Morgan fingerprint density at radius 3 is 2.05 bits per heavy atom. The molecule has 0 saturated carbocycles. The van der Waals surface area contributed by atoms with Gasteiger partial charge in [0.25, 0.3) is 0 Å². The van der Waals surface area contributed by atoms with Gasteiger partial charge in [0.15, 0.2) is 0 Å². The number of unbranched alkanes of at least 4 members (excludes halogenated alkanes) is 8. The van der Waals surface area contributed by atoms with Gasteiger partial charge in [0.1, 0.15) is 0 Å². The number of alkyl halides is 1. The fourth-order valence-electron chi connectivity index (χ4n) is 2.86. The summed E-state index contributed by atoms with van der Waals surface area (Å²) < 4.78 is 0. The van der Waals surface area contributed by atoms with Crippen LogP contribution in [0.3, 0.4) is 0 Å². The van der Waals surface area contributed by atoms with Gasteiger partial charge in [0, 0.05) is 5.38 Å². The van der Waals surface area contributed by atoms with E-state index in [1.54, 1.807) is 0 Å². The lowest BCUT2D eigenvalue weighted by Gasteiger charge is -2.11. The van der Waals surface area contributed by atoms with Crippen molar-refractivity contribution < 1.29 is 0 Å². The van der Waals surface area contributed by atoms with E-state index in [1.807, 2.05) is 0 Å². The van der Waals surface area contributed by atoms with Crippen LogP contribution in [0.1, 0.15) is 82.3 Å². The van der Waals surface area contributed by atoms with Gasteiger partial charge in [-0.3, -0.25) is 0 Å². The number of rotatable bonds is 12. The number of hydrogen-bond acceptors (Lipinski definition) is 0. The number of benzene rings is 1. The maximum absolute atomic E-state index is 6.48. The van der Waals surface area contributed by atoms with Crippen molar-refractivity contribution in [3.8, 4) is 0 Å². The van der Waals surface area contributed by atoms with Gasteiger partial charge in [0.2, 0.25) is 0 Å². The highest BCUT2D eigenvalue weighted by atomic mass is 35.5. The minimum absolute atomic E-state index is 0.302. The Morgan fingerprint density at radius 2 is 1.43 bits per heavy atom. The van der Waals surface area contributed by atoms with Crippen LogP contribution in [0.5, 0.6) is 0 Å². The lowest BCUT2D eigenvalue weighted by atomic mass is 10.0. The van der Waals surface area contributed by atoms with E-state index in [1.165, 1.54) is 68.9 Å². The summed E-state index contributed by atoms with van der Waals surface area (Å²) in [6, 6.07) is 8.60. The van der Waals surface area contributed by atoms with Crippen LogP contribution in [0.4, 0.5) is 0 Å². The van der Waals surface area contributed by atoms with E-state index in [-0.39, 0.29) is 0 Å². The molecule has 0 nitrogen and oxygen atoms in total. The average Bonchev–Trinajstić information content (AvgIpc) is 2.48. The summed E-state index contributed by atoms with van der Waals surface area (Å²) in [5.41, 5.74) is 2.78. The van der Waals surface area contributed by atoms with Crippen LogP contribution < -0.4 is 0 Å². The molecule has 1 aromatic rings. The predicted octanol–water partition coefficient (Wildman–Crippen LogP) is 7.07. The fourth-order valence-corrected chi connectivity index (χ4v) is 3.18. The molecule has 0 saturated heterocycles. The van der Waals surface area contributed by atoms with Crippen molar-refractivity contribution in [1.82, 2.24) is 0 Å². The van der Waals surface area contributed by atoms with Gasteiger partial charge < -0.3 is 0 Å². The van der Waals surface area contributed by atoms with Crippen LogP contribution in [0.2, 0.25) is 0 Å². The topological polar surface area (TPSA) is 0 Å². The van der Waals surface area contributed by atoms with Gasteiger partial charge >= 0.3 is 0 Å². The highest BCUT2D eigenvalue weighted by Crippen LogP contribution is 2.18. The third kappa shape index (κ3) is 9.19. The second kappa shape index (κ2) is 12.1. The molecule has 0 bridgehead atoms. The van der Waals surface area contributed by atoms with Crippen molar-refractivity contribution in [1.29, 1.82) is 0 Å². The maximum atomic E-state index is 6.48. The summed E-state index contributed by atoms with van der Waals surface area (Å²) >= 11 is 6.48. The molecule has 1 unspecified atom stereocenters. The van der Waals surface area contributed by atoms with Crippen LogP contribution in [-0.4, -0.2) is 5.38 Å². The van der Waals surface area contributed by atoms with Gasteiger partial charge in [-0.25, -0.2) is 0 Å². The van der Waals surface area contributed by atoms with Crippen molar-refractivity contribution >= 4 is 11.6 Å². The molecule has 120 valence electrons. The van der Waals surface area contributed by atoms with Crippen LogP contribution in [0.15, 0.2) is 24.3 Å². The molecule has 1 atom stereocenters. The fraction of sp³-hybridized carbons (Fsp3) is 0.700. The molecule has 1 aromatic carbocycles. The Hall–Kier alpha value is -0.490. The van der Waals surface area contributed by atoms with Gasteiger partial charge in [-0.05, 0) is 30.9 Å². The number of halogens is 1. The van der Waals surface area contributed by atoms with Crippen LogP contribution in [0.25, 0.3) is 0 Å². The predicted molar refractivity (Wildman–Crippen MR) is 96.4 cm³/mol. The van der Waals surface area contributed by atoms with E-state index in [0.717, 1.165) is 12.8 Å². The van der Waals surface area contributed by atoms with Crippen molar-refractivity contribution in [2.24, 2.45) is 0 Å². The average molecular weight is 309 g/mol. The van der Waals surface area contributed by atoms with Crippen LogP contribution in [0, 0.1) is 6.92 Å². The third-order valence-electron chi connectivity index (χ3n) is 4.32. The minimum Gasteiger partial charge on any atom is -0.123 e. The highest BCUT2D eigenvalue weighted by molar-refractivity contribution is 6.20.